The summed E-state index contributed by atoms with van der Waals surface area (Å²) >= 11 is 0. The summed E-state index contributed by atoms with van der Waals surface area (Å²) < 4.78 is 3.46. The summed E-state index contributed by atoms with van der Waals surface area (Å²) in [6, 6.07) is 11.6. The van der Waals surface area contributed by atoms with E-state index in [2.05, 4.69) is 30.4 Å². The molecule has 0 unspecified atom stereocenters. The van der Waals surface area contributed by atoms with Crippen molar-refractivity contribution in [3.05, 3.63) is 60.7 Å². The molecule has 0 atom stereocenters. The fourth-order valence-corrected chi connectivity index (χ4v) is 3.32. The molecule has 3 aromatic heterocycles. The Morgan fingerprint density at radius 3 is 2.61 bits per heavy atom. The van der Waals surface area contributed by atoms with E-state index in [9.17, 15) is 4.79 Å². The van der Waals surface area contributed by atoms with Crippen LogP contribution in [0.15, 0.2) is 55.0 Å². The Labute approximate surface area is 160 Å². The number of anilines is 1. The van der Waals surface area contributed by atoms with E-state index in [0.717, 1.165) is 5.69 Å². The first kappa shape index (κ1) is 16.4. The van der Waals surface area contributed by atoms with Gasteiger partial charge in [-0.1, -0.05) is 23.3 Å². The maximum Gasteiger partial charge on any atom is 0.274 e. The fraction of sp³-hybridized carbons (Fsp3) is 0.222. The van der Waals surface area contributed by atoms with Crippen molar-refractivity contribution in [2.24, 2.45) is 0 Å². The number of para-hydroxylation sites is 1. The van der Waals surface area contributed by atoms with Crippen LogP contribution in [0.4, 0.5) is 5.95 Å². The summed E-state index contributed by atoms with van der Waals surface area (Å²) in [4.78, 5) is 25.2. The molecule has 10 heteroatoms. The minimum atomic E-state index is -0.0900. The molecule has 28 heavy (non-hydrogen) atoms. The second kappa shape index (κ2) is 6.72. The molecule has 0 N–H and O–H groups in total. The van der Waals surface area contributed by atoms with Crippen molar-refractivity contribution in [1.82, 2.24) is 39.5 Å². The summed E-state index contributed by atoms with van der Waals surface area (Å²) in [5, 5.41) is 12.1. The van der Waals surface area contributed by atoms with Gasteiger partial charge in [-0.05, 0) is 28.6 Å². The van der Waals surface area contributed by atoms with E-state index in [1.165, 1.54) is 0 Å². The van der Waals surface area contributed by atoms with Crippen LogP contribution in [0.3, 0.4) is 0 Å². The van der Waals surface area contributed by atoms with Crippen LogP contribution in [0.25, 0.3) is 11.5 Å². The van der Waals surface area contributed by atoms with Crippen LogP contribution in [-0.4, -0.2) is 71.6 Å². The molecule has 4 heterocycles. The molecule has 5 rings (SSSR count). The average molecular weight is 375 g/mol. The van der Waals surface area contributed by atoms with Gasteiger partial charge in [-0.3, -0.25) is 9.20 Å². The van der Waals surface area contributed by atoms with Gasteiger partial charge in [0.2, 0.25) is 11.7 Å². The molecular weight excluding hydrogens is 358 g/mol. The van der Waals surface area contributed by atoms with Gasteiger partial charge in [0.05, 0.1) is 5.69 Å². The number of amides is 1. The Hall–Kier alpha value is -3.82. The van der Waals surface area contributed by atoms with Gasteiger partial charge in [-0.15, -0.1) is 0 Å². The molecule has 0 saturated carbocycles. The maximum absolute atomic E-state index is 12.8. The van der Waals surface area contributed by atoms with Crippen LogP contribution in [0.5, 0.6) is 0 Å². The van der Waals surface area contributed by atoms with E-state index in [-0.39, 0.29) is 5.91 Å². The Bertz CT molecular complexity index is 1080. The second-order valence-electron chi connectivity index (χ2n) is 6.46. The molecule has 1 aromatic carbocycles. The number of fused-ring (bicyclic) bond motifs is 1. The molecule has 140 valence electrons. The number of hydrogen-bond donors (Lipinski definition) is 0. The van der Waals surface area contributed by atoms with Crippen LogP contribution in [0.2, 0.25) is 0 Å². The van der Waals surface area contributed by atoms with Gasteiger partial charge in [0.25, 0.3) is 5.91 Å². The largest absolute Gasteiger partial charge is 0.336 e. The lowest BCUT2D eigenvalue weighted by Crippen LogP contribution is -2.49. The molecule has 0 spiro atoms. The number of nitrogens with zero attached hydrogens (tertiary/aromatic N) is 9. The van der Waals surface area contributed by atoms with Crippen LogP contribution in [0.1, 0.15) is 10.5 Å². The van der Waals surface area contributed by atoms with Gasteiger partial charge < -0.3 is 9.80 Å². The number of carbonyl (C=O) groups excluding carboxylic acids is 1. The van der Waals surface area contributed by atoms with Crippen molar-refractivity contribution in [1.29, 1.82) is 0 Å². The Morgan fingerprint density at radius 1 is 1.00 bits per heavy atom. The number of tetrazole rings is 1. The summed E-state index contributed by atoms with van der Waals surface area (Å²) in [5.41, 5.74) is 1.31. The summed E-state index contributed by atoms with van der Waals surface area (Å²) in [6.07, 6.45) is 5.20. The van der Waals surface area contributed by atoms with Crippen LogP contribution in [0, 0.1) is 0 Å². The van der Waals surface area contributed by atoms with Crippen LogP contribution >= 0.6 is 0 Å². The smallest absolute Gasteiger partial charge is 0.274 e. The van der Waals surface area contributed by atoms with Gasteiger partial charge >= 0.3 is 0 Å². The van der Waals surface area contributed by atoms with E-state index in [4.69, 9.17) is 0 Å². The zero-order valence-corrected chi connectivity index (χ0v) is 15.0. The number of piperazine rings is 1. The van der Waals surface area contributed by atoms with Gasteiger partial charge in [0.15, 0.2) is 0 Å². The van der Waals surface area contributed by atoms with Crippen molar-refractivity contribution in [3.63, 3.8) is 0 Å². The normalized spacial score (nSPS) is 14.6. The third kappa shape index (κ3) is 2.84. The summed E-state index contributed by atoms with van der Waals surface area (Å²) in [7, 11) is 0. The Balaban J connectivity index is 1.31. The highest BCUT2D eigenvalue weighted by Crippen LogP contribution is 2.18. The monoisotopic (exact) mass is 375 g/mol. The highest BCUT2D eigenvalue weighted by atomic mass is 16.2. The topological polar surface area (TPSA) is 97.3 Å². The van der Waals surface area contributed by atoms with Crippen molar-refractivity contribution in [2.75, 3.05) is 31.1 Å². The molecule has 0 aliphatic carbocycles. The van der Waals surface area contributed by atoms with Gasteiger partial charge in [0.1, 0.15) is 5.69 Å². The van der Waals surface area contributed by atoms with E-state index in [1.807, 2.05) is 36.5 Å². The third-order valence-electron chi connectivity index (χ3n) is 4.76. The van der Waals surface area contributed by atoms with E-state index in [1.54, 1.807) is 32.4 Å². The van der Waals surface area contributed by atoms with E-state index in [0.29, 0.717) is 43.6 Å². The van der Waals surface area contributed by atoms with Gasteiger partial charge in [-0.2, -0.15) is 4.68 Å². The molecule has 1 aliphatic heterocycles. The molecule has 1 saturated heterocycles. The molecule has 0 radical (unpaired) electrons. The number of carbonyl (C=O) groups is 1. The lowest BCUT2D eigenvalue weighted by atomic mass is 10.3. The molecule has 1 fully saturated rings. The molecule has 1 aliphatic rings. The Morgan fingerprint density at radius 2 is 1.82 bits per heavy atom. The standard InChI is InChI=1S/C18H17N9O/c28-16(15-13-26-8-4-7-19-17(26)20-15)24-9-11-25(12-10-24)18-21-22-23-27(18)14-5-2-1-3-6-14/h1-8,13H,9-12H2. The minimum Gasteiger partial charge on any atom is -0.336 e. The second-order valence-corrected chi connectivity index (χ2v) is 6.46. The van der Waals surface area contributed by atoms with Gasteiger partial charge in [-0.25, -0.2) is 9.97 Å². The lowest BCUT2D eigenvalue weighted by Gasteiger charge is -2.34. The molecule has 4 aromatic rings. The summed E-state index contributed by atoms with van der Waals surface area (Å²) in [6.45, 7) is 2.43. The molecule has 0 bridgehead atoms. The Kier molecular flexibility index (Phi) is 3.93. The predicted molar refractivity (Wildman–Crippen MR) is 100 cm³/mol. The first-order valence-corrected chi connectivity index (χ1v) is 8.97. The SMILES string of the molecule is O=C(c1cn2cccnc2n1)N1CCN(c2nnnn2-c2ccccc2)CC1. The van der Waals surface area contributed by atoms with Crippen LogP contribution in [-0.2, 0) is 0 Å². The van der Waals surface area contributed by atoms with Crippen LogP contribution < -0.4 is 4.90 Å². The number of hydrogen-bond acceptors (Lipinski definition) is 7. The number of imidazole rings is 1. The highest BCUT2D eigenvalue weighted by molar-refractivity contribution is 5.93. The highest BCUT2D eigenvalue weighted by Gasteiger charge is 2.26. The van der Waals surface area contributed by atoms with Crippen molar-refractivity contribution >= 4 is 17.6 Å². The lowest BCUT2D eigenvalue weighted by molar-refractivity contribution is 0.0741. The number of aromatic nitrogens is 7. The third-order valence-corrected chi connectivity index (χ3v) is 4.76. The molecule has 1 amide bonds. The van der Waals surface area contributed by atoms with Crippen molar-refractivity contribution in [3.8, 4) is 5.69 Å². The zero-order chi connectivity index (χ0) is 18.9. The van der Waals surface area contributed by atoms with E-state index < -0.39 is 0 Å². The number of benzene rings is 1. The van der Waals surface area contributed by atoms with Crippen molar-refractivity contribution < 1.29 is 4.79 Å². The molecular formula is C18H17N9O. The predicted octanol–water partition coefficient (Wildman–Crippen LogP) is 0.667. The van der Waals surface area contributed by atoms with Gasteiger partial charge in [0, 0.05) is 44.8 Å². The maximum atomic E-state index is 12.8. The van der Waals surface area contributed by atoms with E-state index >= 15 is 0 Å². The fourth-order valence-electron chi connectivity index (χ4n) is 3.32. The van der Waals surface area contributed by atoms with Crippen molar-refractivity contribution in [2.45, 2.75) is 0 Å². The average Bonchev–Trinajstić information content (AvgIpc) is 3.41. The minimum absolute atomic E-state index is 0.0900. The quantitative estimate of drug-likeness (QED) is 0.519. The zero-order valence-electron chi connectivity index (χ0n) is 15.0. The number of rotatable bonds is 3. The first-order chi connectivity index (χ1) is 13.8. The first-order valence-electron chi connectivity index (χ1n) is 8.97. The summed E-state index contributed by atoms with van der Waals surface area (Å²) in [5.74, 6) is 1.11. The molecule has 10 nitrogen and oxygen atoms in total.